The number of thioether (sulfide) groups is 1. The van der Waals surface area contributed by atoms with E-state index in [4.69, 9.17) is 9.84 Å². The molecular formula is C14H12BrNO3S. The van der Waals surface area contributed by atoms with Crippen molar-refractivity contribution in [3.63, 3.8) is 0 Å². The van der Waals surface area contributed by atoms with Gasteiger partial charge in [-0.2, -0.15) is 0 Å². The molecule has 0 saturated carbocycles. The van der Waals surface area contributed by atoms with Gasteiger partial charge in [0.2, 0.25) is 0 Å². The van der Waals surface area contributed by atoms with E-state index in [9.17, 15) is 4.79 Å². The number of aromatic nitrogens is 1. The van der Waals surface area contributed by atoms with Gasteiger partial charge >= 0.3 is 5.97 Å². The summed E-state index contributed by atoms with van der Waals surface area (Å²) in [4.78, 5) is 15.0. The van der Waals surface area contributed by atoms with Crippen LogP contribution in [-0.2, 0) is 0 Å². The summed E-state index contributed by atoms with van der Waals surface area (Å²) >= 11 is 4.84. The van der Waals surface area contributed by atoms with Gasteiger partial charge in [0.15, 0.2) is 0 Å². The standard InChI is InChI=1S/C14H12BrNO3S/c15-11-2-1-3-12(9-11)19-6-7-20-13-8-10(14(17)18)4-5-16-13/h1-5,8-9H,6-7H2,(H,17,18). The lowest BCUT2D eigenvalue weighted by Gasteiger charge is -2.06. The van der Waals surface area contributed by atoms with Gasteiger partial charge in [-0.05, 0) is 30.3 Å². The van der Waals surface area contributed by atoms with E-state index in [1.54, 1.807) is 6.07 Å². The van der Waals surface area contributed by atoms with Crippen molar-refractivity contribution in [3.8, 4) is 5.75 Å². The first-order valence-corrected chi connectivity index (χ1v) is 7.63. The topological polar surface area (TPSA) is 59.4 Å². The molecule has 0 aliphatic heterocycles. The van der Waals surface area contributed by atoms with E-state index >= 15 is 0 Å². The summed E-state index contributed by atoms with van der Waals surface area (Å²) in [5, 5.41) is 9.57. The van der Waals surface area contributed by atoms with Crippen molar-refractivity contribution in [3.05, 3.63) is 52.6 Å². The molecule has 0 spiro atoms. The van der Waals surface area contributed by atoms with Gasteiger partial charge in [0.25, 0.3) is 0 Å². The van der Waals surface area contributed by atoms with Crippen molar-refractivity contribution in [2.45, 2.75) is 5.03 Å². The highest BCUT2D eigenvalue weighted by atomic mass is 79.9. The Bertz CT molecular complexity index is 606. The van der Waals surface area contributed by atoms with Crippen LogP contribution in [0.1, 0.15) is 10.4 Å². The zero-order chi connectivity index (χ0) is 14.4. The van der Waals surface area contributed by atoms with Crippen LogP contribution < -0.4 is 4.74 Å². The van der Waals surface area contributed by atoms with Gasteiger partial charge in [-0.1, -0.05) is 22.0 Å². The predicted octanol–water partition coefficient (Wildman–Crippen LogP) is 3.71. The Morgan fingerprint density at radius 3 is 2.95 bits per heavy atom. The number of aromatic carboxylic acids is 1. The van der Waals surface area contributed by atoms with Crippen LogP contribution in [0.5, 0.6) is 5.75 Å². The number of pyridine rings is 1. The monoisotopic (exact) mass is 353 g/mol. The number of nitrogens with zero attached hydrogens (tertiary/aromatic N) is 1. The molecule has 2 rings (SSSR count). The van der Waals surface area contributed by atoms with Crippen molar-refractivity contribution in [2.24, 2.45) is 0 Å². The lowest BCUT2D eigenvalue weighted by Crippen LogP contribution is -2.01. The van der Waals surface area contributed by atoms with Crippen molar-refractivity contribution in [1.29, 1.82) is 0 Å². The predicted molar refractivity (Wildman–Crippen MR) is 81.6 cm³/mol. The Morgan fingerprint density at radius 1 is 1.35 bits per heavy atom. The quantitative estimate of drug-likeness (QED) is 0.633. The maximum absolute atomic E-state index is 10.8. The second kappa shape index (κ2) is 7.31. The first kappa shape index (κ1) is 14.9. The number of carboxylic acid groups (broad SMARTS) is 1. The maximum Gasteiger partial charge on any atom is 0.335 e. The molecule has 0 aliphatic rings. The van der Waals surface area contributed by atoms with E-state index in [1.165, 1.54) is 24.0 Å². The lowest BCUT2D eigenvalue weighted by molar-refractivity contribution is 0.0696. The molecule has 4 nitrogen and oxygen atoms in total. The molecule has 1 aromatic heterocycles. The fourth-order valence-electron chi connectivity index (χ4n) is 1.48. The molecule has 2 aromatic rings. The number of halogens is 1. The molecule has 0 aliphatic carbocycles. The number of hydrogen-bond donors (Lipinski definition) is 1. The van der Waals surface area contributed by atoms with Crippen molar-refractivity contribution in [2.75, 3.05) is 12.4 Å². The van der Waals surface area contributed by atoms with E-state index in [0.717, 1.165) is 10.2 Å². The summed E-state index contributed by atoms with van der Waals surface area (Å²) in [5.41, 5.74) is 0.246. The van der Waals surface area contributed by atoms with Crippen LogP contribution in [-0.4, -0.2) is 28.4 Å². The Balaban J connectivity index is 1.81. The zero-order valence-electron chi connectivity index (χ0n) is 10.5. The van der Waals surface area contributed by atoms with Gasteiger partial charge in [0.05, 0.1) is 17.2 Å². The van der Waals surface area contributed by atoms with Crippen LogP contribution in [0.4, 0.5) is 0 Å². The maximum atomic E-state index is 10.8. The number of carboxylic acids is 1. The Hall–Kier alpha value is -1.53. The molecule has 0 saturated heterocycles. The van der Waals surface area contributed by atoms with Crippen LogP contribution in [0.3, 0.4) is 0 Å². The Kier molecular flexibility index (Phi) is 5.43. The SMILES string of the molecule is O=C(O)c1ccnc(SCCOc2cccc(Br)c2)c1. The van der Waals surface area contributed by atoms with Gasteiger partial charge in [0.1, 0.15) is 5.75 Å². The molecule has 1 N–H and O–H groups in total. The minimum absolute atomic E-state index is 0.246. The third-order valence-corrected chi connectivity index (χ3v) is 3.76. The third kappa shape index (κ3) is 4.54. The van der Waals surface area contributed by atoms with Gasteiger partial charge in [-0.25, -0.2) is 9.78 Å². The van der Waals surface area contributed by atoms with Crippen molar-refractivity contribution < 1.29 is 14.6 Å². The molecule has 1 aromatic carbocycles. The first-order chi connectivity index (χ1) is 9.65. The molecule has 0 amide bonds. The Morgan fingerprint density at radius 2 is 2.20 bits per heavy atom. The average Bonchev–Trinajstić information content (AvgIpc) is 2.44. The number of rotatable bonds is 6. The van der Waals surface area contributed by atoms with Crippen molar-refractivity contribution in [1.82, 2.24) is 4.98 Å². The van der Waals surface area contributed by atoms with Gasteiger partial charge < -0.3 is 9.84 Å². The van der Waals surface area contributed by atoms with Crippen LogP contribution in [0.15, 0.2) is 52.1 Å². The molecule has 20 heavy (non-hydrogen) atoms. The lowest BCUT2D eigenvalue weighted by atomic mass is 10.3. The fraction of sp³-hybridized carbons (Fsp3) is 0.143. The van der Waals surface area contributed by atoms with Gasteiger partial charge in [-0.15, -0.1) is 11.8 Å². The molecule has 0 unspecified atom stereocenters. The Labute approximate surface area is 129 Å². The summed E-state index contributed by atoms with van der Waals surface area (Å²) in [6.45, 7) is 0.528. The second-order valence-electron chi connectivity index (χ2n) is 3.84. The van der Waals surface area contributed by atoms with E-state index < -0.39 is 5.97 Å². The first-order valence-electron chi connectivity index (χ1n) is 5.85. The van der Waals surface area contributed by atoms with E-state index in [0.29, 0.717) is 17.4 Å². The molecule has 104 valence electrons. The highest BCUT2D eigenvalue weighted by Gasteiger charge is 2.04. The van der Waals surface area contributed by atoms with Gasteiger partial charge in [0, 0.05) is 16.4 Å². The van der Waals surface area contributed by atoms with Crippen LogP contribution in [0.25, 0.3) is 0 Å². The van der Waals surface area contributed by atoms with Gasteiger partial charge in [-0.3, -0.25) is 0 Å². The average molecular weight is 354 g/mol. The highest BCUT2D eigenvalue weighted by molar-refractivity contribution is 9.10. The number of benzene rings is 1. The molecule has 0 atom stereocenters. The molecule has 0 radical (unpaired) electrons. The minimum Gasteiger partial charge on any atom is -0.493 e. The van der Waals surface area contributed by atoms with Crippen molar-refractivity contribution >= 4 is 33.7 Å². The largest absolute Gasteiger partial charge is 0.493 e. The molecule has 6 heteroatoms. The molecular weight excluding hydrogens is 342 g/mol. The smallest absolute Gasteiger partial charge is 0.335 e. The van der Waals surface area contributed by atoms with Crippen LogP contribution >= 0.6 is 27.7 Å². The van der Waals surface area contributed by atoms with Crippen LogP contribution in [0, 0.1) is 0 Å². The molecule has 1 heterocycles. The summed E-state index contributed by atoms with van der Waals surface area (Å²) in [5.74, 6) is 0.551. The van der Waals surface area contributed by atoms with Crippen LogP contribution in [0.2, 0.25) is 0 Å². The highest BCUT2D eigenvalue weighted by Crippen LogP contribution is 2.19. The van der Waals surface area contributed by atoms with E-state index in [-0.39, 0.29) is 5.56 Å². The number of carbonyl (C=O) groups is 1. The summed E-state index contributed by atoms with van der Waals surface area (Å²) in [7, 11) is 0. The summed E-state index contributed by atoms with van der Waals surface area (Å²) in [6.07, 6.45) is 1.50. The zero-order valence-corrected chi connectivity index (χ0v) is 12.9. The number of ether oxygens (including phenoxy) is 1. The number of hydrogen-bond acceptors (Lipinski definition) is 4. The van der Waals surface area contributed by atoms with E-state index in [1.807, 2.05) is 24.3 Å². The third-order valence-electron chi connectivity index (χ3n) is 2.38. The molecule has 0 bridgehead atoms. The second-order valence-corrected chi connectivity index (χ2v) is 5.87. The van der Waals surface area contributed by atoms with E-state index in [2.05, 4.69) is 20.9 Å². The fourth-order valence-corrected chi connectivity index (χ4v) is 2.58. The summed E-state index contributed by atoms with van der Waals surface area (Å²) in [6, 6.07) is 10.7. The summed E-state index contributed by atoms with van der Waals surface area (Å²) < 4.78 is 6.56. The normalized spacial score (nSPS) is 10.2. The minimum atomic E-state index is -0.945. The molecule has 0 fully saturated rings.